The molecule has 0 spiro atoms. The van der Waals surface area contributed by atoms with Gasteiger partial charge in [-0.05, 0) is 34.7 Å². The van der Waals surface area contributed by atoms with E-state index in [9.17, 15) is 35.1 Å². The standard InChI is InChI=1S/C9H3F8I/c10-7(11,9(15,16)17)5-2-1-4(18)3-6(5)8(12,13)14/h1-3H. The average Bonchev–Trinajstić information content (AvgIpc) is 2.13. The maximum absolute atomic E-state index is 13.0. The Balaban J connectivity index is 3.52. The van der Waals surface area contributed by atoms with E-state index in [4.69, 9.17) is 0 Å². The number of benzene rings is 1. The van der Waals surface area contributed by atoms with Crippen LogP contribution in [0.3, 0.4) is 0 Å². The first-order valence-electron chi connectivity index (χ1n) is 4.19. The lowest BCUT2D eigenvalue weighted by Gasteiger charge is -2.23. The molecule has 0 nitrogen and oxygen atoms in total. The third-order valence-corrected chi connectivity index (χ3v) is 2.65. The molecule has 9 heteroatoms. The molecule has 18 heavy (non-hydrogen) atoms. The summed E-state index contributed by atoms with van der Waals surface area (Å²) in [5, 5.41) is 0. The molecule has 0 amide bonds. The monoisotopic (exact) mass is 390 g/mol. The number of hydrogen-bond donors (Lipinski definition) is 0. The van der Waals surface area contributed by atoms with Crippen LogP contribution in [0.2, 0.25) is 0 Å². The van der Waals surface area contributed by atoms with Crippen LogP contribution in [0, 0.1) is 3.57 Å². The van der Waals surface area contributed by atoms with Crippen LogP contribution >= 0.6 is 22.6 Å². The van der Waals surface area contributed by atoms with Crippen LogP contribution in [0.25, 0.3) is 0 Å². The lowest BCUT2D eigenvalue weighted by Crippen LogP contribution is -2.35. The smallest absolute Gasteiger partial charge is 0.191 e. The van der Waals surface area contributed by atoms with Crippen molar-refractivity contribution in [2.24, 2.45) is 0 Å². The molecule has 0 aromatic heterocycles. The Hall–Kier alpha value is -0.610. The first-order valence-corrected chi connectivity index (χ1v) is 5.27. The van der Waals surface area contributed by atoms with E-state index in [0.717, 1.165) is 6.07 Å². The van der Waals surface area contributed by atoms with Crippen molar-refractivity contribution in [2.45, 2.75) is 18.3 Å². The molecule has 0 aliphatic carbocycles. The molecule has 0 radical (unpaired) electrons. The van der Waals surface area contributed by atoms with Crippen molar-refractivity contribution in [1.82, 2.24) is 0 Å². The summed E-state index contributed by atoms with van der Waals surface area (Å²) in [7, 11) is 0. The van der Waals surface area contributed by atoms with E-state index in [2.05, 4.69) is 0 Å². The van der Waals surface area contributed by atoms with Gasteiger partial charge in [-0.15, -0.1) is 0 Å². The second-order valence-electron chi connectivity index (χ2n) is 3.26. The second-order valence-corrected chi connectivity index (χ2v) is 4.51. The third-order valence-electron chi connectivity index (χ3n) is 1.98. The summed E-state index contributed by atoms with van der Waals surface area (Å²) in [5.74, 6) is -5.55. The fourth-order valence-electron chi connectivity index (χ4n) is 1.18. The molecule has 0 N–H and O–H groups in total. The SMILES string of the molecule is FC(F)(F)c1cc(I)ccc1C(F)(F)C(F)(F)F. The van der Waals surface area contributed by atoms with Gasteiger partial charge in [-0.3, -0.25) is 0 Å². The van der Waals surface area contributed by atoms with Crippen LogP contribution in [-0.4, -0.2) is 6.18 Å². The third kappa shape index (κ3) is 2.86. The van der Waals surface area contributed by atoms with E-state index < -0.39 is 29.4 Å². The minimum Gasteiger partial charge on any atom is -0.191 e. The van der Waals surface area contributed by atoms with Gasteiger partial charge in [-0.2, -0.15) is 35.1 Å². The molecule has 0 heterocycles. The molecule has 0 aliphatic heterocycles. The zero-order valence-electron chi connectivity index (χ0n) is 8.13. The van der Waals surface area contributed by atoms with Gasteiger partial charge in [0.25, 0.3) is 0 Å². The number of rotatable bonds is 1. The van der Waals surface area contributed by atoms with E-state index in [1.54, 1.807) is 0 Å². The van der Waals surface area contributed by atoms with Gasteiger partial charge in [0.2, 0.25) is 0 Å². The van der Waals surface area contributed by atoms with E-state index >= 15 is 0 Å². The maximum atomic E-state index is 13.0. The lowest BCUT2D eigenvalue weighted by atomic mass is 10.0. The van der Waals surface area contributed by atoms with Gasteiger partial charge in [0.15, 0.2) is 0 Å². The minimum atomic E-state index is -6.08. The van der Waals surface area contributed by atoms with E-state index in [-0.39, 0.29) is 15.7 Å². The quantitative estimate of drug-likeness (QED) is 0.470. The number of hydrogen-bond acceptors (Lipinski definition) is 0. The van der Waals surface area contributed by atoms with Gasteiger partial charge in [0.05, 0.1) is 5.56 Å². The summed E-state index contributed by atoms with van der Waals surface area (Å²) in [6, 6.07) is 1.14. The van der Waals surface area contributed by atoms with Crippen LogP contribution in [0.15, 0.2) is 18.2 Å². The van der Waals surface area contributed by atoms with Crippen molar-refractivity contribution in [3.05, 3.63) is 32.9 Å². The molecule has 0 saturated carbocycles. The van der Waals surface area contributed by atoms with Gasteiger partial charge < -0.3 is 0 Å². The minimum absolute atomic E-state index is 0.0957. The van der Waals surface area contributed by atoms with Crippen molar-refractivity contribution < 1.29 is 35.1 Å². The predicted octanol–water partition coefficient (Wildman–Crippen LogP) is 4.96. The Labute approximate surface area is 109 Å². The Morgan fingerprint density at radius 3 is 1.67 bits per heavy atom. The van der Waals surface area contributed by atoms with Crippen molar-refractivity contribution in [1.29, 1.82) is 0 Å². The fourth-order valence-corrected chi connectivity index (χ4v) is 1.67. The molecule has 0 saturated heterocycles. The Morgan fingerprint density at radius 1 is 0.778 bits per heavy atom. The lowest BCUT2D eigenvalue weighted by molar-refractivity contribution is -0.291. The number of halogens is 9. The fraction of sp³-hybridized carbons (Fsp3) is 0.333. The molecule has 1 rings (SSSR count). The van der Waals surface area contributed by atoms with Crippen LogP contribution in [0.5, 0.6) is 0 Å². The summed E-state index contributed by atoms with van der Waals surface area (Å²) in [6.45, 7) is 0. The van der Waals surface area contributed by atoms with Gasteiger partial charge in [0, 0.05) is 9.13 Å². The molecule has 1 aromatic carbocycles. The predicted molar refractivity (Wildman–Crippen MR) is 54.1 cm³/mol. The van der Waals surface area contributed by atoms with Crippen LogP contribution in [-0.2, 0) is 12.1 Å². The molecule has 0 unspecified atom stereocenters. The normalized spacial score (nSPS) is 13.8. The topological polar surface area (TPSA) is 0 Å². The molecule has 102 valence electrons. The van der Waals surface area contributed by atoms with Crippen molar-refractivity contribution in [3.8, 4) is 0 Å². The zero-order chi connectivity index (χ0) is 14.4. The molecular weight excluding hydrogens is 387 g/mol. The van der Waals surface area contributed by atoms with E-state index in [1.807, 2.05) is 0 Å². The molecule has 0 bridgehead atoms. The summed E-state index contributed by atoms with van der Waals surface area (Å²) >= 11 is 1.39. The highest BCUT2D eigenvalue weighted by Crippen LogP contribution is 2.48. The summed E-state index contributed by atoms with van der Waals surface area (Å²) in [4.78, 5) is 0. The van der Waals surface area contributed by atoms with Gasteiger partial charge in [-0.25, -0.2) is 0 Å². The van der Waals surface area contributed by atoms with Gasteiger partial charge in [-0.1, -0.05) is 6.07 Å². The summed E-state index contributed by atoms with van der Waals surface area (Å²) in [6.07, 6.45) is -11.4. The van der Waals surface area contributed by atoms with E-state index in [0.29, 0.717) is 0 Å². The molecule has 0 fully saturated rings. The van der Waals surface area contributed by atoms with Crippen LogP contribution in [0.1, 0.15) is 11.1 Å². The molecule has 0 aliphatic rings. The molecular formula is C9H3F8I. The summed E-state index contributed by atoms with van der Waals surface area (Å²) in [5.41, 5.74) is -4.08. The second kappa shape index (κ2) is 4.49. The number of alkyl halides is 8. The van der Waals surface area contributed by atoms with Crippen LogP contribution in [0.4, 0.5) is 35.1 Å². The first-order chi connectivity index (χ1) is 7.87. The Bertz CT molecular complexity index is 445. The van der Waals surface area contributed by atoms with Crippen molar-refractivity contribution in [2.75, 3.05) is 0 Å². The first kappa shape index (κ1) is 15.4. The Morgan fingerprint density at radius 2 is 1.28 bits per heavy atom. The highest BCUT2D eigenvalue weighted by Gasteiger charge is 2.61. The van der Waals surface area contributed by atoms with Crippen LogP contribution < -0.4 is 0 Å². The van der Waals surface area contributed by atoms with Gasteiger partial charge >= 0.3 is 18.3 Å². The highest BCUT2D eigenvalue weighted by molar-refractivity contribution is 14.1. The average molecular weight is 390 g/mol. The van der Waals surface area contributed by atoms with Gasteiger partial charge in [0.1, 0.15) is 0 Å². The largest absolute Gasteiger partial charge is 0.458 e. The highest BCUT2D eigenvalue weighted by atomic mass is 127. The van der Waals surface area contributed by atoms with Crippen molar-refractivity contribution >= 4 is 22.6 Å². The van der Waals surface area contributed by atoms with E-state index in [1.165, 1.54) is 22.6 Å². The Kier molecular flexibility index (Phi) is 3.86. The maximum Gasteiger partial charge on any atom is 0.458 e. The molecule has 1 aromatic rings. The summed E-state index contributed by atoms with van der Waals surface area (Å²) < 4.78 is 99.4. The molecule has 0 atom stereocenters. The zero-order valence-corrected chi connectivity index (χ0v) is 10.3. The van der Waals surface area contributed by atoms with Crippen molar-refractivity contribution in [3.63, 3.8) is 0 Å².